The number of rotatable bonds is 4. The number of amides is 2. The standard InChI is InChI=1S/C28H32N2O5S2/c1-12(2)35-17(31)11-30-25(32)20-15-10-16(21(20)26(30)33)22-19(15)18(23-24(36-22)29-27(34)37-23)13-6-8-14(9-7-13)28(3,4)5/h6-9,12,15-16,18-22H,10-11H2,1-5H3,(H,29,34). The van der Waals surface area contributed by atoms with Crippen LogP contribution < -0.4 is 4.87 Å². The van der Waals surface area contributed by atoms with Crippen LogP contribution in [0.2, 0.25) is 0 Å². The fourth-order valence-corrected chi connectivity index (χ4v) is 10.1. The molecule has 4 aliphatic rings. The maximum atomic E-state index is 13.6. The molecule has 2 saturated carbocycles. The highest BCUT2D eigenvalue weighted by molar-refractivity contribution is 8.00. The molecule has 1 aromatic carbocycles. The summed E-state index contributed by atoms with van der Waals surface area (Å²) in [6.07, 6.45) is 0.525. The van der Waals surface area contributed by atoms with Crippen LogP contribution in [0.1, 0.15) is 63.0 Å². The Morgan fingerprint density at radius 2 is 1.73 bits per heavy atom. The average molecular weight is 541 g/mol. The summed E-state index contributed by atoms with van der Waals surface area (Å²) in [7, 11) is 0. The maximum absolute atomic E-state index is 13.6. The molecular weight excluding hydrogens is 508 g/mol. The number of nitrogens with one attached hydrogen (secondary N) is 1. The zero-order chi connectivity index (χ0) is 26.4. The minimum atomic E-state index is -0.549. The molecular formula is C28H32N2O5S2. The van der Waals surface area contributed by atoms with Crippen molar-refractivity contribution < 1.29 is 19.1 Å². The van der Waals surface area contributed by atoms with E-state index in [2.05, 4.69) is 50.0 Å². The van der Waals surface area contributed by atoms with Crippen molar-refractivity contribution in [2.24, 2.45) is 29.6 Å². The van der Waals surface area contributed by atoms with Gasteiger partial charge in [0.1, 0.15) is 6.54 Å². The lowest BCUT2D eigenvalue weighted by molar-refractivity contribution is -0.155. The summed E-state index contributed by atoms with van der Waals surface area (Å²) in [6, 6.07) is 8.68. The van der Waals surface area contributed by atoms with E-state index in [1.54, 1.807) is 25.6 Å². The SMILES string of the molecule is CC(C)OC(=O)CN1C(=O)C2C3CC(C2C1=O)C1C(c2ccc(C(C)(C)C)cc2)c2sc(=O)[nH]c2SC31. The Bertz CT molecular complexity index is 1340. The molecule has 0 spiro atoms. The Morgan fingerprint density at radius 1 is 1.08 bits per heavy atom. The molecule has 6 rings (SSSR count). The van der Waals surface area contributed by atoms with Gasteiger partial charge in [-0.1, -0.05) is 56.4 Å². The van der Waals surface area contributed by atoms with E-state index in [1.807, 2.05) is 0 Å². The van der Waals surface area contributed by atoms with E-state index in [9.17, 15) is 19.2 Å². The summed E-state index contributed by atoms with van der Waals surface area (Å²) >= 11 is 2.94. The van der Waals surface area contributed by atoms with Crippen LogP contribution in [-0.2, 0) is 24.5 Å². The van der Waals surface area contributed by atoms with E-state index in [0.717, 1.165) is 26.8 Å². The first-order chi connectivity index (χ1) is 17.5. The molecule has 2 amide bonds. The van der Waals surface area contributed by atoms with Gasteiger partial charge in [-0.15, -0.1) is 11.8 Å². The van der Waals surface area contributed by atoms with Crippen molar-refractivity contribution in [3.05, 3.63) is 49.9 Å². The van der Waals surface area contributed by atoms with Gasteiger partial charge < -0.3 is 9.72 Å². The Kier molecular flexibility index (Phi) is 5.77. The third-order valence-corrected chi connectivity index (χ3v) is 11.2. The number of thiazole rings is 1. The van der Waals surface area contributed by atoms with Crippen LogP contribution in [-0.4, -0.2) is 45.6 Å². The highest BCUT2D eigenvalue weighted by Gasteiger charge is 2.69. The Balaban J connectivity index is 1.36. The predicted molar refractivity (Wildman–Crippen MR) is 142 cm³/mol. The number of ether oxygens (including phenoxy) is 1. The number of aromatic nitrogens is 1. The molecule has 2 aliphatic carbocycles. The van der Waals surface area contributed by atoms with Crippen LogP contribution >= 0.6 is 23.1 Å². The zero-order valence-corrected chi connectivity index (χ0v) is 23.3. The first-order valence-corrected chi connectivity index (χ1v) is 14.7. The van der Waals surface area contributed by atoms with Crippen LogP contribution in [0.5, 0.6) is 0 Å². The van der Waals surface area contributed by atoms with E-state index in [-0.39, 0.29) is 63.7 Å². The minimum absolute atomic E-state index is 0.00183. The Labute approximate surface area is 224 Å². The number of nitrogens with zero attached hydrogens (tertiary/aromatic N) is 1. The number of hydrogen-bond acceptors (Lipinski definition) is 7. The second-order valence-corrected chi connectivity index (χ2v) is 14.3. The molecule has 1 N–H and O–H groups in total. The fraction of sp³-hybridized carbons (Fsp3) is 0.571. The molecule has 9 heteroatoms. The van der Waals surface area contributed by atoms with E-state index < -0.39 is 17.8 Å². The van der Waals surface area contributed by atoms with E-state index >= 15 is 0 Å². The van der Waals surface area contributed by atoms with Crippen LogP contribution in [0.15, 0.2) is 34.1 Å². The number of benzene rings is 1. The summed E-state index contributed by atoms with van der Waals surface area (Å²) < 4.78 is 5.22. The van der Waals surface area contributed by atoms with Crippen molar-refractivity contribution in [2.45, 2.75) is 68.8 Å². The van der Waals surface area contributed by atoms with Gasteiger partial charge in [0.15, 0.2) is 0 Å². The fourth-order valence-electron chi connectivity index (χ4n) is 7.23. The predicted octanol–water partition coefficient (Wildman–Crippen LogP) is 4.16. The normalized spacial score (nSPS) is 32.1. The summed E-state index contributed by atoms with van der Waals surface area (Å²) in [5.74, 6) is -1.60. The Hall–Kier alpha value is -2.39. The largest absolute Gasteiger partial charge is 0.462 e. The summed E-state index contributed by atoms with van der Waals surface area (Å²) in [6.45, 7) is 9.74. The lowest BCUT2D eigenvalue weighted by Crippen LogP contribution is -2.42. The molecule has 1 aromatic heterocycles. The van der Waals surface area contributed by atoms with Gasteiger partial charge in [-0.2, -0.15) is 0 Å². The average Bonchev–Trinajstić information content (AvgIpc) is 3.54. The second kappa shape index (κ2) is 8.56. The number of carbonyl (C=O) groups is 3. The molecule has 0 radical (unpaired) electrons. The molecule has 7 unspecified atom stereocenters. The molecule has 2 aliphatic heterocycles. The Morgan fingerprint density at radius 3 is 2.35 bits per heavy atom. The number of likely N-dealkylation sites (tertiary alicyclic amines) is 1. The second-order valence-electron chi connectivity index (χ2n) is 12.1. The van der Waals surface area contributed by atoms with Gasteiger partial charge in [0.25, 0.3) is 0 Å². The van der Waals surface area contributed by atoms with E-state index in [1.165, 1.54) is 16.9 Å². The summed E-state index contributed by atoms with van der Waals surface area (Å²) in [5, 5.41) is 1.04. The van der Waals surface area contributed by atoms with Gasteiger partial charge in [-0.3, -0.25) is 24.1 Å². The molecule has 196 valence electrons. The molecule has 2 aromatic rings. The first-order valence-electron chi connectivity index (χ1n) is 13.0. The topological polar surface area (TPSA) is 96.5 Å². The van der Waals surface area contributed by atoms with Gasteiger partial charge in [0.05, 0.1) is 23.0 Å². The van der Waals surface area contributed by atoms with Crippen LogP contribution in [0.3, 0.4) is 0 Å². The maximum Gasteiger partial charge on any atom is 0.326 e. The van der Waals surface area contributed by atoms with Crippen molar-refractivity contribution in [2.75, 3.05) is 6.54 Å². The van der Waals surface area contributed by atoms with Gasteiger partial charge in [-0.25, -0.2) is 0 Å². The summed E-state index contributed by atoms with van der Waals surface area (Å²) in [4.78, 5) is 56.9. The van der Waals surface area contributed by atoms with Crippen molar-refractivity contribution in [3.63, 3.8) is 0 Å². The van der Waals surface area contributed by atoms with Crippen LogP contribution in [0.4, 0.5) is 0 Å². The molecule has 3 fully saturated rings. The quantitative estimate of drug-likeness (QED) is 0.462. The number of hydrogen-bond donors (Lipinski definition) is 1. The zero-order valence-electron chi connectivity index (χ0n) is 21.6. The number of aromatic amines is 1. The van der Waals surface area contributed by atoms with Gasteiger partial charge in [-0.05, 0) is 54.6 Å². The smallest absolute Gasteiger partial charge is 0.326 e. The lowest BCUT2D eigenvalue weighted by atomic mass is 9.68. The van der Waals surface area contributed by atoms with Gasteiger partial charge >= 0.3 is 10.8 Å². The number of carbonyl (C=O) groups excluding carboxylic acids is 3. The van der Waals surface area contributed by atoms with Crippen LogP contribution in [0.25, 0.3) is 0 Å². The molecule has 1 saturated heterocycles. The minimum Gasteiger partial charge on any atom is -0.462 e. The number of esters is 1. The number of imide groups is 1. The number of fused-ring (bicyclic) bond motifs is 9. The monoisotopic (exact) mass is 540 g/mol. The van der Waals surface area contributed by atoms with Crippen molar-refractivity contribution >= 4 is 40.9 Å². The molecule has 3 heterocycles. The summed E-state index contributed by atoms with van der Waals surface area (Å²) in [5.41, 5.74) is 2.43. The third-order valence-electron chi connectivity index (χ3n) is 8.61. The molecule has 37 heavy (non-hydrogen) atoms. The van der Waals surface area contributed by atoms with Gasteiger partial charge in [0.2, 0.25) is 11.8 Å². The molecule has 7 nitrogen and oxygen atoms in total. The lowest BCUT2D eigenvalue weighted by Gasteiger charge is -2.43. The highest BCUT2D eigenvalue weighted by atomic mass is 32.2. The van der Waals surface area contributed by atoms with Crippen LogP contribution in [0, 0.1) is 29.6 Å². The van der Waals surface area contributed by atoms with Crippen molar-refractivity contribution in [1.29, 1.82) is 0 Å². The number of thioether (sulfide) groups is 1. The number of H-pyrrole nitrogens is 1. The van der Waals surface area contributed by atoms with E-state index in [4.69, 9.17) is 4.74 Å². The third kappa shape index (κ3) is 3.83. The first kappa shape index (κ1) is 24.9. The molecule has 7 atom stereocenters. The van der Waals surface area contributed by atoms with Crippen molar-refractivity contribution in [3.8, 4) is 0 Å². The highest BCUT2D eigenvalue weighted by Crippen LogP contribution is 2.68. The van der Waals surface area contributed by atoms with Gasteiger partial charge in [0, 0.05) is 16.0 Å². The van der Waals surface area contributed by atoms with E-state index in [0.29, 0.717) is 0 Å². The molecule has 2 bridgehead atoms. The van der Waals surface area contributed by atoms with Crippen molar-refractivity contribution in [1.82, 2.24) is 9.88 Å².